The molecule has 19 heavy (non-hydrogen) atoms. The Morgan fingerprint density at radius 1 is 1.58 bits per heavy atom. The summed E-state index contributed by atoms with van der Waals surface area (Å²) in [5.41, 5.74) is 0.343. The van der Waals surface area contributed by atoms with Crippen LogP contribution in [0.15, 0.2) is 18.2 Å². The Hall–Kier alpha value is -1.69. The number of benzene rings is 1. The lowest BCUT2D eigenvalue weighted by Crippen LogP contribution is -2.46. The Balaban J connectivity index is 2.35. The van der Waals surface area contributed by atoms with Crippen LogP contribution >= 0.6 is 0 Å². The molecule has 1 unspecified atom stereocenters. The summed E-state index contributed by atoms with van der Waals surface area (Å²) >= 11 is 0. The molecule has 1 aliphatic rings. The maximum Gasteiger partial charge on any atom is 0.292 e. The van der Waals surface area contributed by atoms with Crippen LogP contribution in [0.2, 0.25) is 0 Å². The third-order valence-electron chi connectivity index (χ3n) is 3.50. The monoisotopic (exact) mass is 267 g/mol. The van der Waals surface area contributed by atoms with Crippen molar-refractivity contribution in [2.24, 2.45) is 0 Å². The number of rotatable bonds is 4. The molecule has 1 saturated heterocycles. The number of nitrogens with one attached hydrogen (secondary N) is 1. The van der Waals surface area contributed by atoms with Crippen molar-refractivity contribution in [3.05, 3.63) is 34.1 Å². The van der Waals surface area contributed by atoms with Crippen molar-refractivity contribution in [2.45, 2.75) is 25.8 Å². The van der Waals surface area contributed by atoms with Crippen molar-refractivity contribution in [1.82, 2.24) is 5.32 Å². The fraction of sp³-hybridized carbons (Fsp3) is 0.538. The molecule has 1 aromatic carbocycles. The van der Waals surface area contributed by atoms with Crippen LogP contribution in [0, 0.1) is 15.9 Å². The van der Waals surface area contributed by atoms with Gasteiger partial charge in [0.05, 0.1) is 4.92 Å². The molecule has 1 aliphatic heterocycles. The number of hydrogen-bond donors (Lipinski definition) is 1. The van der Waals surface area contributed by atoms with E-state index in [1.54, 1.807) is 0 Å². The van der Waals surface area contributed by atoms with Gasteiger partial charge in [-0.25, -0.2) is 4.39 Å². The fourth-order valence-corrected chi connectivity index (χ4v) is 2.61. The summed E-state index contributed by atoms with van der Waals surface area (Å²) in [6.07, 6.45) is 2.00. The largest absolute Gasteiger partial charge is 0.362 e. The summed E-state index contributed by atoms with van der Waals surface area (Å²) in [5, 5.41) is 14.4. The molecule has 1 aromatic rings. The van der Waals surface area contributed by atoms with Gasteiger partial charge >= 0.3 is 0 Å². The summed E-state index contributed by atoms with van der Waals surface area (Å²) in [7, 11) is 0. The third kappa shape index (κ3) is 3.01. The molecule has 6 heteroatoms. The first-order chi connectivity index (χ1) is 9.13. The Morgan fingerprint density at radius 2 is 2.37 bits per heavy atom. The van der Waals surface area contributed by atoms with Gasteiger partial charge in [-0.2, -0.15) is 0 Å². The zero-order valence-corrected chi connectivity index (χ0v) is 10.9. The average molecular weight is 267 g/mol. The van der Waals surface area contributed by atoms with Crippen LogP contribution in [0.4, 0.5) is 15.8 Å². The summed E-state index contributed by atoms with van der Waals surface area (Å²) < 4.78 is 13.4. The molecular weight excluding hydrogens is 249 g/mol. The molecule has 0 bridgehead atoms. The zero-order chi connectivity index (χ0) is 13.8. The number of likely N-dealkylation sites (N-methyl/N-ethyl adjacent to an activating group) is 1. The van der Waals surface area contributed by atoms with Gasteiger partial charge in [0.1, 0.15) is 11.5 Å². The smallest absolute Gasteiger partial charge is 0.292 e. The molecule has 1 atom stereocenters. The second-order valence-corrected chi connectivity index (χ2v) is 4.68. The minimum absolute atomic E-state index is 0.0335. The molecule has 0 saturated carbocycles. The number of halogens is 1. The molecule has 1 fully saturated rings. The lowest BCUT2D eigenvalue weighted by Gasteiger charge is -2.35. The first-order valence-electron chi connectivity index (χ1n) is 6.54. The summed E-state index contributed by atoms with van der Waals surface area (Å²) in [6, 6.07) is 3.81. The predicted molar refractivity (Wildman–Crippen MR) is 72.0 cm³/mol. The quantitative estimate of drug-likeness (QED) is 0.672. The Morgan fingerprint density at radius 3 is 2.95 bits per heavy atom. The van der Waals surface area contributed by atoms with Crippen molar-refractivity contribution in [2.75, 3.05) is 24.5 Å². The van der Waals surface area contributed by atoms with Crippen LogP contribution in [-0.4, -0.2) is 30.6 Å². The highest BCUT2D eigenvalue weighted by molar-refractivity contribution is 5.64. The highest BCUT2D eigenvalue weighted by atomic mass is 19.1. The number of nitro benzene ring substituents is 1. The van der Waals surface area contributed by atoms with E-state index in [9.17, 15) is 14.5 Å². The van der Waals surface area contributed by atoms with Gasteiger partial charge in [-0.1, -0.05) is 0 Å². The van der Waals surface area contributed by atoms with Crippen LogP contribution in [0.25, 0.3) is 0 Å². The van der Waals surface area contributed by atoms with Gasteiger partial charge in [0.15, 0.2) is 0 Å². The van der Waals surface area contributed by atoms with Gasteiger partial charge < -0.3 is 10.2 Å². The third-order valence-corrected chi connectivity index (χ3v) is 3.50. The van der Waals surface area contributed by atoms with E-state index in [2.05, 4.69) is 5.32 Å². The Kier molecular flexibility index (Phi) is 4.31. The topological polar surface area (TPSA) is 58.4 Å². The molecule has 0 aliphatic carbocycles. The van der Waals surface area contributed by atoms with E-state index in [4.69, 9.17) is 0 Å². The van der Waals surface area contributed by atoms with E-state index >= 15 is 0 Å². The van der Waals surface area contributed by atoms with Gasteiger partial charge in [-0.3, -0.25) is 10.1 Å². The van der Waals surface area contributed by atoms with Crippen LogP contribution in [-0.2, 0) is 0 Å². The van der Waals surface area contributed by atoms with Crippen LogP contribution in [0.1, 0.15) is 19.8 Å². The molecule has 0 radical (unpaired) electrons. The minimum atomic E-state index is -0.451. The average Bonchev–Trinajstić information content (AvgIpc) is 2.40. The molecule has 104 valence electrons. The number of nitro groups is 1. The lowest BCUT2D eigenvalue weighted by atomic mass is 10.0. The van der Waals surface area contributed by atoms with Gasteiger partial charge in [0.2, 0.25) is 0 Å². The molecular formula is C13H18FN3O2. The van der Waals surface area contributed by atoms with E-state index in [1.165, 1.54) is 12.1 Å². The van der Waals surface area contributed by atoms with Crippen LogP contribution in [0.5, 0.6) is 0 Å². The van der Waals surface area contributed by atoms with E-state index in [0.29, 0.717) is 12.2 Å². The molecule has 5 nitrogen and oxygen atoms in total. The first-order valence-corrected chi connectivity index (χ1v) is 6.54. The predicted octanol–water partition coefficient (Wildman–Crippen LogP) is 2.31. The molecule has 1 N–H and O–H groups in total. The number of hydrogen-bond acceptors (Lipinski definition) is 4. The van der Waals surface area contributed by atoms with Crippen molar-refractivity contribution in [1.29, 1.82) is 0 Å². The van der Waals surface area contributed by atoms with Gasteiger partial charge in [0.25, 0.3) is 5.69 Å². The Labute approximate surface area is 111 Å². The number of nitrogens with zero attached hydrogens (tertiary/aromatic N) is 2. The number of anilines is 1. The number of piperidine rings is 1. The fourth-order valence-electron chi connectivity index (χ4n) is 2.61. The molecule has 2 rings (SSSR count). The van der Waals surface area contributed by atoms with Crippen LogP contribution < -0.4 is 10.2 Å². The standard InChI is InChI=1S/C13H18FN3O2/c1-2-16(11-4-3-7-15-9-11)13-8-10(14)5-6-12(13)17(18)19/h5-6,8,11,15H,2-4,7,9H2,1H3. The second-order valence-electron chi connectivity index (χ2n) is 4.68. The highest BCUT2D eigenvalue weighted by Gasteiger charge is 2.26. The Bertz CT molecular complexity index is 461. The maximum absolute atomic E-state index is 13.4. The van der Waals surface area contributed by atoms with E-state index in [1.807, 2.05) is 11.8 Å². The molecule has 1 heterocycles. The zero-order valence-electron chi connectivity index (χ0n) is 10.9. The maximum atomic E-state index is 13.4. The van der Waals surface area contributed by atoms with E-state index in [0.717, 1.165) is 32.0 Å². The highest BCUT2D eigenvalue weighted by Crippen LogP contribution is 2.31. The summed E-state index contributed by atoms with van der Waals surface area (Å²) in [4.78, 5) is 12.6. The second kappa shape index (κ2) is 5.97. The van der Waals surface area contributed by atoms with E-state index in [-0.39, 0.29) is 11.7 Å². The van der Waals surface area contributed by atoms with Crippen molar-refractivity contribution < 1.29 is 9.31 Å². The minimum Gasteiger partial charge on any atom is -0.362 e. The van der Waals surface area contributed by atoms with Crippen molar-refractivity contribution in [3.63, 3.8) is 0 Å². The van der Waals surface area contributed by atoms with Crippen molar-refractivity contribution in [3.8, 4) is 0 Å². The molecule has 0 spiro atoms. The lowest BCUT2D eigenvalue weighted by molar-refractivity contribution is -0.384. The normalized spacial score (nSPS) is 19.2. The van der Waals surface area contributed by atoms with Gasteiger partial charge in [-0.15, -0.1) is 0 Å². The summed E-state index contributed by atoms with van der Waals surface area (Å²) in [5.74, 6) is -0.442. The van der Waals surface area contributed by atoms with Gasteiger partial charge in [0, 0.05) is 31.3 Å². The molecule has 0 aromatic heterocycles. The van der Waals surface area contributed by atoms with Gasteiger partial charge in [-0.05, 0) is 32.4 Å². The summed E-state index contributed by atoms with van der Waals surface area (Å²) in [6.45, 7) is 4.31. The molecule has 0 amide bonds. The first kappa shape index (κ1) is 13.7. The van der Waals surface area contributed by atoms with Crippen LogP contribution in [0.3, 0.4) is 0 Å². The van der Waals surface area contributed by atoms with E-state index < -0.39 is 10.7 Å². The SMILES string of the molecule is CCN(c1cc(F)ccc1[N+](=O)[O-])C1CCCNC1. The van der Waals surface area contributed by atoms with Crippen molar-refractivity contribution >= 4 is 11.4 Å².